The molecule has 0 bridgehead atoms. The van der Waals surface area contributed by atoms with Crippen LogP contribution in [0.3, 0.4) is 0 Å². The van der Waals surface area contributed by atoms with Crippen LogP contribution in [0.5, 0.6) is 0 Å². The van der Waals surface area contributed by atoms with E-state index in [1.54, 1.807) is 0 Å². The maximum atomic E-state index is 12.3. The Morgan fingerprint density at radius 3 is 2.58 bits per heavy atom. The fourth-order valence-electron chi connectivity index (χ4n) is 3.21. The largest absolute Gasteiger partial charge is 0.425 e. The molecule has 6 nitrogen and oxygen atoms in total. The number of anilines is 1. The molecular formula is C20H28N4O2. The van der Waals surface area contributed by atoms with E-state index in [9.17, 15) is 4.79 Å². The first-order chi connectivity index (χ1) is 12.4. The minimum atomic E-state index is 0.0339. The molecule has 2 heterocycles. The number of carbonyl (C=O) groups is 1. The first-order valence-corrected chi connectivity index (χ1v) is 9.35. The van der Waals surface area contributed by atoms with Crippen molar-refractivity contribution < 1.29 is 9.21 Å². The number of nitrogens with zero attached hydrogens (tertiary/aromatic N) is 3. The predicted molar refractivity (Wildman–Crippen MR) is 101 cm³/mol. The number of carbonyl (C=O) groups excluding carboxylic acids is 1. The van der Waals surface area contributed by atoms with Gasteiger partial charge in [-0.25, -0.2) is 0 Å². The predicted octanol–water partition coefficient (Wildman–Crippen LogP) is 3.63. The van der Waals surface area contributed by atoms with Crippen molar-refractivity contribution in [2.24, 2.45) is 0 Å². The van der Waals surface area contributed by atoms with E-state index in [-0.39, 0.29) is 11.8 Å². The molecule has 26 heavy (non-hydrogen) atoms. The summed E-state index contributed by atoms with van der Waals surface area (Å²) in [5.41, 5.74) is 3.27. The zero-order chi connectivity index (χ0) is 18.7. The maximum Gasteiger partial charge on any atom is 0.238 e. The van der Waals surface area contributed by atoms with Crippen molar-refractivity contribution in [3.05, 3.63) is 41.1 Å². The SMILES string of the molecule is Cc1ccc(NC(=O)CN2CCC(c3nnc(C(C)C)o3)CC2)cc1C. The molecule has 0 spiro atoms. The van der Waals surface area contributed by atoms with Gasteiger partial charge in [0.15, 0.2) is 0 Å². The quantitative estimate of drug-likeness (QED) is 0.886. The molecular weight excluding hydrogens is 328 g/mol. The van der Waals surface area contributed by atoms with E-state index in [4.69, 9.17) is 4.42 Å². The maximum absolute atomic E-state index is 12.3. The lowest BCUT2D eigenvalue weighted by molar-refractivity contribution is -0.117. The Kier molecular flexibility index (Phi) is 5.71. The number of hydrogen-bond donors (Lipinski definition) is 1. The van der Waals surface area contributed by atoms with Crippen molar-refractivity contribution >= 4 is 11.6 Å². The van der Waals surface area contributed by atoms with E-state index in [1.807, 2.05) is 32.0 Å². The van der Waals surface area contributed by atoms with Crippen molar-refractivity contribution in [2.45, 2.75) is 52.4 Å². The number of hydrogen-bond acceptors (Lipinski definition) is 5. The van der Waals surface area contributed by atoms with Crippen molar-refractivity contribution in [1.29, 1.82) is 0 Å². The average molecular weight is 356 g/mol. The summed E-state index contributed by atoms with van der Waals surface area (Å²) in [6, 6.07) is 6.00. The van der Waals surface area contributed by atoms with E-state index < -0.39 is 0 Å². The minimum absolute atomic E-state index is 0.0339. The van der Waals surface area contributed by atoms with Gasteiger partial charge in [-0.2, -0.15) is 0 Å². The molecule has 6 heteroatoms. The molecule has 0 radical (unpaired) electrons. The van der Waals surface area contributed by atoms with E-state index in [1.165, 1.54) is 11.1 Å². The summed E-state index contributed by atoms with van der Waals surface area (Å²) in [6.07, 6.45) is 1.88. The highest BCUT2D eigenvalue weighted by atomic mass is 16.4. The molecule has 0 unspecified atom stereocenters. The molecule has 1 aromatic carbocycles. The van der Waals surface area contributed by atoms with Crippen molar-refractivity contribution in [1.82, 2.24) is 15.1 Å². The molecule has 1 aliphatic heterocycles. The fourth-order valence-corrected chi connectivity index (χ4v) is 3.21. The van der Waals surface area contributed by atoms with Crippen LogP contribution in [0.1, 0.15) is 61.4 Å². The number of amides is 1. The fraction of sp³-hybridized carbons (Fsp3) is 0.550. The van der Waals surface area contributed by atoms with Gasteiger partial charge in [-0.3, -0.25) is 9.69 Å². The van der Waals surface area contributed by atoms with E-state index in [0.717, 1.165) is 37.5 Å². The molecule has 0 atom stereocenters. The summed E-state index contributed by atoms with van der Waals surface area (Å²) in [4.78, 5) is 14.5. The first-order valence-electron chi connectivity index (χ1n) is 9.35. The van der Waals surface area contributed by atoms with Gasteiger partial charge in [0.25, 0.3) is 0 Å². The minimum Gasteiger partial charge on any atom is -0.425 e. The third-order valence-corrected chi connectivity index (χ3v) is 5.04. The monoisotopic (exact) mass is 356 g/mol. The smallest absolute Gasteiger partial charge is 0.238 e. The Labute approximate surface area is 155 Å². The normalized spacial score (nSPS) is 16.2. The highest BCUT2D eigenvalue weighted by Crippen LogP contribution is 2.28. The van der Waals surface area contributed by atoms with Crippen molar-refractivity contribution in [3.8, 4) is 0 Å². The molecule has 2 aromatic rings. The molecule has 0 aliphatic carbocycles. The zero-order valence-corrected chi connectivity index (χ0v) is 16.1. The van der Waals surface area contributed by atoms with Gasteiger partial charge in [0.2, 0.25) is 17.7 Å². The second-order valence-corrected chi connectivity index (χ2v) is 7.53. The summed E-state index contributed by atoms with van der Waals surface area (Å²) in [5, 5.41) is 11.3. The molecule has 0 saturated carbocycles. The van der Waals surface area contributed by atoms with Gasteiger partial charge in [-0.15, -0.1) is 10.2 Å². The topological polar surface area (TPSA) is 71.3 Å². The molecule has 140 valence electrons. The van der Waals surface area contributed by atoms with Gasteiger partial charge >= 0.3 is 0 Å². The van der Waals surface area contributed by atoms with Crippen LogP contribution in [0.15, 0.2) is 22.6 Å². The highest BCUT2D eigenvalue weighted by Gasteiger charge is 2.26. The number of aryl methyl sites for hydroxylation is 2. The van der Waals surface area contributed by atoms with Crippen LogP contribution in [0.4, 0.5) is 5.69 Å². The van der Waals surface area contributed by atoms with Crippen LogP contribution in [0.2, 0.25) is 0 Å². The molecule has 1 aromatic heterocycles. The Morgan fingerprint density at radius 2 is 1.96 bits per heavy atom. The number of aromatic nitrogens is 2. The molecule has 3 rings (SSSR count). The third kappa shape index (κ3) is 4.49. The highest BCUT2D eigenvalue weighted by molar-refractivity contribution is 5.92. The second-order valence-electron chi connectivity index (χ2n) is 7.53. The number of benzene rings is 1. The number of nitrogens with one attached hydrogen (secondary N) is 1. The Bertz CT molecular complexity index is 761. The number of likely N-dealkylation sites (tertiary alicyclic amines) is 1. The molecule has 1 N–H and O–H groups in total. The molecule has 1 saturated heterocycles. The molecule has 1 aliphatic rings. The Balaban J connectivity index is 1.48. The van der Waals surface area contributed by atoms with Crippen LogP contribution in [-0.2, 0) is 4.79 Å². The Morgan fingerprint density at radius 1 is 1.23 bits per heavy atom. The van der Waals surface area contributed by atoms with E-state index >= 15 is 0 Å². The van der Waals surface area contributed by atoms with Crippen LogP contribution in [-0.4, -0.2) is 40.6 Å². The van der Waals surface area contributed by atoms with Gasteiger partial charge in [0, 0.05) is 17.5 Å². The standard InChI is InChI=1S/C20H28N4O2/c1-13(2)19-22-23-20(26-19)16-7-9-24(10-8-16)12-18(25)21-17-6-5-14(3)15(4)11-17/h5-6,11,13,16H,7-10,12H2,1-4H3,(H,21,25). The van der Waals surface area contributed by atoms with Gasteiger partial charge in [0.1, 0.15) is 0 Å². The second kappa shape index (κ2) is 7.99. The van der Waals surface area contributed by atoms with Crippen LogP contribution in [0.25, 0.3) is 0 Å². The summed E-state index contributed by atoms with van der Waals surface area (Å²) in [5.74, 6) is 2.04. The lowest BCUT2D eigenvalue weighted by Gasteiger charge is -2.29. The van der Waals surface area contributed by atoms with Crippen LogP contribution in [0, 0.1) is 13.8 Å². The molecule has 1 fully saturated rings. The summed E-state index contributed by atoms with van der Waals surface area (Å²) >= 11 is 0. The first kappa shape index (κ1) is 18.6. The van der Waals surface area contributed by atoms with Gasteiger partial charge in [0.05, 0.1) is 6.54 Å². The van der Waals surface area contributed by atoms with Crippen molar-refractivity contribution in [2.75, 3.05) is 25.0 Å². The summed E-state index contributed by atoms with van der Waals surface area (Å²) in [7, 11) is 0. The zero-order valence-electron chi connectivity index (χ0n) is 16.1. The molecule has 1 amide bonds. The van der Waals surface area contributed by atoms with Gasteiger partial charge in [-0.1, -0.05) is 19.9 Å². The van der Waals surface area contributed by atoms with Crippen LogP contribution < -0.4 is 5.32 Å². The average Bonchev–Trinajstić information content (AvgIpc) is 3.09. The van der Waals surface area contributed by atoms with E-state index in [2.05, 4.69) is 34.3 Å². The van der Waals surface area contributed by atoms with E-state index in [0.29, 0.717) is 18.4 Å². The van der Waals surface area contributed by atoms with Crippen molar-refractivity contribution in [3.63, 3.8) is 0 Å². The lowest BCUT2D eigenvalue weighted by atomic mass is 9.97. The van der Waals surface area contributed by atoms with Gasteiger partial charge < -0.3 is 9.73 Å². The summed E-state index contributed by atoms with van der Waals surface area (Å²) in [6.45, 7) is 10.4. The van der Waals surface area contributed by atoms with Crippen LogP contribution >= 0.6 is 0 Å². The number of rotatable bonds is 5. The summed E-state index contributed by atoms with van der Waals surface area (Å²) < 4.78 is 5.78. The Hall–Kier alpha value is -2.21. The third-order valence-electron chi connectivity index (χ3n) is 5.04. The van der Waals surface area contributed by atoms with Gasteiger partial charge in [-0.05, 0) is 63.0 Å². The number of piperidine rings is 1. The lowest BCUT2D eigenvalue weighted by Crippen LogP contribution is -2.38.